The Morgan fingerprint density at radius 2 is 1.27 bits per heavy atom. The van der Waals surface area contributed by atoms with Crippen molar-refractivity contribution in [3.63, 3.8) is 0 Å². The van der Waals surface area contributed by atoms with Crippen molar-refractivity contribution in [2.45, 2.75) is 13.1 Å². The molecule has 0 unspecified atom stereocenters. The highest BCUT2D eigenvalue weighted by molar-refractivity contribution is 9.10. The van der Waals surface area contributed by atoms with E-state index in [-0.39, 0.29) is 0 Å². The molecular weight excluding hydrogens is 336 g/mol. The lowest BCUT2D eigenvalue weighted by Crippen LogP contribution is -2.23. The number of nitrogens with zero attached hydrogens (tertiary/aromatic N) is 2. The van der Waals surface area contributed by atoms with E-state index in [4.69, 9.17) is 0 Å². The summed E-state index contributed by atoms with van der Waals surface area (Å²) < 4.78 is 1.02. The van der Waals surface area contributed by atoms with Gasteiger partial charge in [0.15, 0.2) is 0 Å². The van der Waals surface area contributed by atoms with Crippen LogP contribution in [0.25, 0.3) is 0 Å². The van der Waals surface area contributed by atoms with Gasteiger partial charge >= 0.3 is 0 Å². The molecule has 3 aromatic rings. The Morgan fingerprint density at radius 1 is 0.727 bits per heavy atom. The molecule has 0 radical (unpaired) electrons. The van der Waals surface area contributed by atoms with Gasteiger partial charge in [0, 0.05) is 19.3 Å². The zero-order valence-corrected chi connectivity index (χ0v) is 13.8. The van der Waals surface area contributed by atoms with Crippen LogP contribution in [0.2, 0.25) is 0 Å². The predicted octanol–water partition coefficient (Wildman–Crippen LogP) is 5.05. The normalized spacial score (nSPS) is 10.4. The number of hydrogen-bond donors (Lipinski definition) is 0. The summed E-state index contributed by atoms with van der Waals surface area (Å²) in [5.74, 6) is 0.968. The molecule has 3 heteroatoms. The average molecular weight is 353 g/mol. The topological polar surface area (TPSA) is 16.1 Å². The van der Waals surface area contributed by atoms with Gasteiger partial charge in [-0.3, -0.25) is 0 Å². The fourth-order valence-corrected chi connectivity index (χ4v) is 2.93. The second-order valence-electron chi connectivity index (χ2n) is 5.14. The largest absolute Gasteiger partial charge is 0.347 e. The number of aromatic nitrogens is 1. The van der Waals surface area contributed by atoms with E-state index in [1.165, 1.54) is 11.1 Å². The molecule has 110 valence electrons. The second kappa shape index (κ2) is 7.23. The smallest absolute Gasteiger partial charge is 0.143 e. The van der Waals surface area contributed by atoms with Gasteiger partial charge in [0.05, 0.1) is 4.47 Å². The molecule has 0 bridgehead atoms. The van der Waals surface area contributed by atoms with Crippen LogP contribution in [-0.4, -0.2) is 4.98 Å². The molecule has 0 amide bonds. The first-order chi connectivity index (χ1) is 10.8. The summed E-state index contributed by atoms with van der Waals surface area (Å²) in [5, 5.41) is 0. The Hall–Kier alpha value is -2.13. The van der Waals surface area contributed by atoms with Crippen molar-refractivity contribution in [2.24, 2.45) is 0 Å². The molecule has 0 saturated heterocycles. The van der Waals surface area contributed by atoms with Crippen LogP contribution in [0.4, 0.5) is 5.82 Å². The van der Waals surface area contributed by atoms with Crippen molar-refractivity contribution in [3.8, 4) is 0 Å². The monoisotopic (exact) mass is 352 g/mol. The quantitative estimate of drug-likeness (QED) is 0.638. The summed E-state index contributed by atoms with van der Waals surface area (Å²) >= 11 is 3.62. The van der Waals surface area contributed by atoms with Crippen LogP contribution < -0.4 is 4.90 Å². The molecule has 0 aliphatic rings. The van der Waals surface area contributed by atoms with Gasteiger partial charge in [0.1, 0.15) is 5.82 Å². The number of benzene rings is 2. The molecule has 2 aromatic carbocycles. The maximum atomic E-state index is 4.55. The van der Waals surface area contributed by atoms with Gasteiger partial charge in [-0.2, -0.15) is 0 Å². The SMILES string of the molecule is Brc1cccnc1N(Cc1ccccc1)Cc1ccccc1. The molecule has 0 fully saturated rings. The molecule has 1 heterocycles. The minimum atomic E-state index is 0.825. The van der Waals surface area contributed by atoms with Gasteiger partial charge in [-0.05, 0) is 39.2 Å². The fraction of sp³-hybridized carbons (Fsp3) is 0.105. The van der Waals surface area contributed by atoms with Crippen molar-refractivity contribution in [2.75, 3.05) is 4.90 Å². The van der Waals surface area contributed by atoms with Gasteiger partial charge in [-0.1, -0.05) is 60.7 Å². The Morgan fingerprint density at radius 3 is 1.77 bits per heavy atom. The average Bonchev–Trinajstić information content (AvgIpc) is 2.57. The third kappa shape index (κ3) is 3.74. The van der Waals surface area contributed by atoms with Crippen LogP contribution >= 0.6 is 15.9 Å². The Balaban J connectivity index is 1.90. The summed E-state index contributed by atoms with van der Waals surface area (Å²) in [7, 11) is 0. The van der Waals surface area contributed by atoms with Gasteiger partial charge in [-0.15, -0.1) is 0 Å². The second-order valence-corrected chi connectivity index (χ2v) is 5.99. The van der Waals surface area contributed by atoms with Crippen LogP contribution in [0.5, 0.6) is 0 Å². The van der Waals surface area contributed by atoms with Crippen molar-refractivity contribution in [1.82, 2.24) is 4.98 Å². The van der Waals surface area contributed by atoms with Crippen LogP contribution in [-0.2, 0) is 13.1 Å². The van der Waals surface area contributed by atoms with E-state index < -0.39 is 0 Å². The number of rotatable bonds is 5. The first-order valence-electron chi connectivity index (χ1n) is 7.26. The molecule has 2 nitrogen and oxygen atoms in total. The van der Waals surface area contributed by atoms with Gasteiger partial charge in [0.2, 0.25) is 0 Å². The van der Waals surface area contributed by atoms with Crippen molar-refractivity contribution in [1.29, 1.82) is 0 Å². The molecule has 0 N–H and O–H groups in total. The highest BCUT2D eigenvalue weighted by atomic mass is 79.9. The van der Waals surface area contributed by atoms with Crippen LogP contribution in [0.1, 0.15) is 11.1 Å². The van der Waals surface area contributed by atoms with Gasteiger partial charge < -0.3 is 4.90 Å². The minimum Gasteiger partial charge on any atom is -0.347 e. The number of pyridine rings is 1. The van der Waals surface area contributed by atoms with Crippen molar-refractivity contribution < 1.29 is 0 Å². The van der Waals surface area contributed by atoms with E-state index in [2.05, 4.69) is 74.3 Å². The zero-order valence-electron chi connectivity index (χ0n) is 12.2. The Kier molecular flexibility index (Phi) is 4.86. The summed E-state index contributed by atoms with van der Waals surface area (Å²) in [5.41, 5.74) is 2.55. The van der Waals surface area contributed by atoms with Crippen molar-refractivity contribution in [3.05, 3.63) is 94.6 Å². The highest BCUT2D eigenvalue weighted by Crippen LogP contribution is 2.26. The molecule has 3 rings (SSSR count). The van der Waals surface area contributed by atoms with Crippen molar-refractivity contribution >= 4 is 21.7 Å². The Labute approximate surface area is 139 Å². The summed E-state index contributed by atoms with van der Waals surface area (Å²) in [6.45, 7) is 1.65. The lowest BCUT2D eigenvalue weighted by atomic mass is 10.1. The molecule has 22 heavy (non-hydrogen) atoms. The van der Waals surface area contributed by atoms with Gasteiger partial charge in [-0.25, -0.2) is 4.98 Å². The van der Waals surface area contributed by atoms with Crippen LogP contribution in [0, 0.1) is 0 Å². The van der Waals surface area contributed by atoms with E-state index >= 15 is 0 Å². The fourth-order valence-electron chi connectivity index (χ4n) is 2.42. The van der Waals surface area contributed by atoms with Crippen LogP contribution in [0.15, 0.2) is 83.5 Å². The molecule has 0 atom stereocenters. The maximum Gasteiger partial charge on any atom is 0.143 e. The summed E-state index contributed by atoms with van der Waals surface area (Å²) in [6.07, 6.45) is 1.84. The molecule has 1 aromatic heterocycles. The standard InChI is InChI=1S/C19H17BrN2/c20-18-12-7-13-21-19(18)22(14-16-8-3-1-4-9-16)15-17-10-5-2-6-11-17/h1-13H,14-15H2. The third-order valence-corrected chi connectivity index (χ3v) is 4.09. The zero-order chi connectivity index (χ0) is 15.2. The van der Waals surface area contributed by atoms with Crippen LogP contribution in [0.3, 0.4) is 0 Å². The summed E-state index contributed by atoms with van der Waals surface area (Å²) in [4.78, 5) is 6.84. The summed E-state index contributed by atoms with van der Waals surface area (Å²) in [6, 6.07) is 24.9. The molecular formula is C19H17BrN2. The molecule has 0 spiro atoms. The molecule has 0 aliphatic heterocycles. The predicted molar refractivity (Wildman–Crippen MR) is 94.7 cm³/mol. The first-order valence-corrected chi connectivity index (χ1v) is 8.05. The lowest BCUT2D eigenvalue weighted by Gasteiger charge is -2.25. The maximum absolute atomic E-state index is 4.55. The first kappa shape index (κ1) is 14.8. The molecule has 0 saturated carbocycles. The lowest BCUT2D eigenvalue weighted by molar-refractivity contribution is 0.781. The third-order valence-electron chi connectivity index (χ3n) is 3.47. The van der Waals surface area contributed by atoms with E-state index in [9.17, 15) is 0 Å². The van der Waals surface area contributed by atoms with E-state index in [1.54, 1.807) is 0 Å². The highest BCUT2D eigenvalue weighted by Gasteiger charge is 2.12. The Bertz CT molecular complexity index is 672. The number of anilines is 1. The number of halogens is 1. The number of hydrogen-bond acceptors (Lipinski definition) is 2. The van der Waals surface area contributed by atoms with E-state index in [0.29, 0.717) is 0 Å². The van der Waals surface area contributed by atoms with Gasteiger partial charge in [0.25, 0.3) is 0 Å². The van der Waals surface area contributed by atoms with E-state index in [1.807, 2.05) is 30.5 Å². The molecule has 0 aliphatic carbocycles. The minimum absolute atomic E-state index is 0.825. The van der Waals surface area contributed by atoms with E-state index in [0.717, 1.165) is 23.4 Å².